The monoisotopic (exact) mass is 295 g/mol. The van der Waals surface area contributed by atoms with Crippen molar-refractivity contribution in [1.29, 1.82) is 0 Å². The predicted octanol–water partition coefficient (Wildman–Crippen LogP) is 3.24. The summed E-state index contributed by atoms with van der Waals surface area (Å²) in [7, 11) is 0. The zero-order valence-corrected chi connectivity index (χ0v) is 11.0. The van der Waals surface area contributed by atoms with Crippen LogP contribution >= 0.6 is 0 Å². The van der Waals surface area contributed by atoms with E-state index in [2.05, 4.69) is 10.3 Å². The Kier molecular flexibility index (Phi) is 3.84. The number of nitrogen functional groups attached to an aromatic ring is 1. The number of anilines is 2. The lowest BCUT2D eigenvalue weighted by atomic mass is 10.1. The number of aryl methyl sites for hydroxylation is 1. The Balaban J connectivity index is 2.31. The van der Waals surface area contributed by atoms with Crippen molar-refractivity contribution in [2.24, 2.45) is 0 Å². The normalized spacial score (nSPS) is 11.2. The Morgan fingerprint density at radius 3 is 2.62 bits per heavy atom. The van der Waals surface area contributed by atoms with Crippen LogP contribution in [-0.2, 0) is 6.18 Å². The lowest BCUT2D eigenvalue weighted by Gasteiger charge is -2.12. The van der Waals surface area contributed by atoms with Crippen molar-refractivity contribution in [2.45, 2.75) is 13.1 Å². The third-order valence-corrected chi connectivity index (χ3v) is 2.87. The first-order valence-corrected chi connectivity index (χ1v) is 5.98. The quantitative estimate of drug-likeness (QED) is 0.893. The van der Waals surface area contributed by atoms with E-state index in [1.807, 2.05) is 0 Å². The number of carbonyl (C=O) groups excluding carboxylic acids is 1. The highest BCUT2D eigenvalue weighted by atomic mass is 19.4. The summed E-state index contributed by atoms with van der Waals surface area (Å²) in [5.74, 6) is -0.657. The summed E-state index contributed by atoms with van der Waals surface area (Å²) in [6, 6.07) is 6.18. The molecule has 0 aliphatic rings. The van der Waals surface area contributed by atoms with Crippen LogP contribution in [0.15, 0.2) is 36.5 Å². The number of pyridine rings is 1. The summed E-state index contributed by atoms with van der Waals surface area (Å²) in [5.41, 5.74) is 5.47. The van der Waals surface area contributed by atoms with E-state index in [9.17, 15) is 18.0 Å². The fraction of sp³-hybridized carbons (Fsp3) is 0.143. The molecule has 0 bridgehead atoms. The zero-order valence-electron chi connectivity index (χ0n) is 11.0. The Hall–Kier alpha value is -2.57. The first-order chi connectivity index (χ1) is 9.79. The van der Waals surface area contributed by atoms with E-state index in [0.29, 0.717) is 5.56 Å². The van der Waals surface area contributed by atoms with Gasteiger partial charge < -0.3 is 11.1 Å². The van der Waals surface area contributed by atoms with Gasteiger partial charge in [-0.05, 0) is 36.8 Å². The molecule has 110 valence electrons. The van der Waals surface area contributed by atoms with Crippen molar-refractivity contribution in [3.05, 3.63) is 53.3 Å². The number of alkyl halides is 3. The van der Waals surface area contributed by atoms with Gasteiger partial charge in [0.1, 0.15) is 0 Å². The van der Waals surface area contributed by atoms with Crippen molar-refractivity contribution >= 4 is 17.3 Å². The third kappa shape index (κ3) is 3.31. The number of nitrogens with two attached hydrogens (primary N) is 1. The second-order valence-corrected chi connectivity index (χ2v) is 4.42. The molecule has 0 unspecified atom stereocenters. The van der Waals surface area contributed by atoms with Gasteiger partial charge in [0.2, 0.25) is 0 Å². The topological polar surface area (TPSA) is 68.0 Å². The number of amides is 1. The number of aromatic nitrogens is 1. The minimum absolute atomic E-state index is 0.0330. The summed E-state index contributed by atoms with van der Waals surface area (Å²) in [6.45, 7) is 1.59. The lowest BCUT2D eigenvalue weighted by Crippen LogP contribution is -2.17. The molecule has 0 spiro atoms. The van der Waals surface area contributed by atoms with Gasteiger partial charge >= 0.3 is 6.18 Å². The summed E-state index contributed by atoms with van der Waals surface area (Å²) in [6.07, 6.45) is -3.10. The summed E-state index contributed by atoms with van der Waals surface area (Å²) in [4.78, 5) is 15.8. The summed E-state index contributed by atoms with van der Waals surface area (Å²) in [5, 5.41) is 2.40. The number of nitrogens with one attached hydrogen (secondary N) is 1. The Morgan fingerprint density at radius 1 is 1.29 bits per heavy atom. The number of nitrogens with zero attached hydrogens (tertiary/aromatic N) is 1. The van der Waals surface area contributed by atoms with E-state index >= 15 is 0 Å². The fourth-order valence-corrected chi connectivity index (χ4v) is 1.72. The van der Waals surface area contributed by atoms with Crippen molar-refractivity contribution < 1.29 is 18.0 Å². The van der Waals surface area contributed by atoms with Gasteiger partial charge in [0.15, 0.2) is 5.69 Å². The third-order valence-electron chi connectivity index (χ3n) is 2.87. The maximum absolute atomic E-state index is 12.7. The molecule has 1 heterocycles. The van der Waals surface area contributed by atoms with Crippen LogP contribution < -0.4 is 11.1 Å². The van der Waals surface area contributed by atoms with Gasteiger partial charge in [0.05, 0.1) is 11.3 Å². The Labute approximate surface area is 118 Å². The number of carbonyl (C=O) groups is 1. The number of hydrogen-bond acceptors (Lipinski definition) is 3. The first-order valence-electron chi connectivity index (χ1n) is 5.98. The fourth-order valence-electron chi connectivity index (χ4n) is 1.72. The number of rotatable bonds is 2. The molecule has 1 amide bonds. The minimum atomic E-state index is -4.47. The maximum atomic E-state index is 12.7. The SMILES string of the molecule is Cc1ccc(C(F)(F)F)cc1NC(=O)c1ncccc1N. The highest BCUT2D eigenvalue weighted by molar-refractivity contribution is 6.06. The van der Waals surface area contributed by atoms with E-state index in [4.69, 9.17) is 5.73 Å². The molecule has 2 aromatic rings. The van der Waals surface area contributed by atoms with E-state index in [1.54, 1.807) is 13.0 Å². The van der Waals surface area contributed by atoms with Gasteiger partial charge in [-0.1, -0.05) is 6.07 Å². The zero-order chi connectivity index (χ0) is 15.6. The number of halogens is 3. The molecule has 3 N–H and O–H groups in total. The van der Waals surface area contributed by atoms with Gasteiger partial charge in [-0.25, -0.2) is 4.98 Å². The van der Waals surface area contributed by atoms with Crippen LogP contribution in [0.1, 0.15) is 21.6 Å². The van der Waals surface area contributed by atoms with Gasteiger partial charge in [0, 0.05) is 11.9 Å². The predicted molar refractivity (Wildman–Crippen MR) is 72.8 cm³/mol. The molecular formula is C14H12F3N3O. The Morgan fingerprint density at radius 2 is 2.00 bits per heavy atom. The Bertz CT molecular complexity index is 683. The van der Waals surface area contributed by atoms with Crippen LogP contribution in [0.4, 0.5) is 24.5 Å². The molecule has 2 rings (SSSR count). The molecule has 4 nitrogen and oxygen atoms in total. The molecular weight excluding hydrogens is 283 g/mol. The van der Waals surface area contributed by atoms with E-state index in [0.717, 1.165) is 12.1 Å². The van der Waals surface area contributed by atoms with Gasteiger partial charge in [0.25, 0.3) is 5.91 Å². The van der Waals surface area contributed by atoms with E-state index in [-0.39, 0.29) is 17.1 Å². The standard InChI is InChI=1S/C14H12F3N3O/c1-8-4-5-9(14(15,16)17)7-11(8)20-13(21)12-10(18)3-2-6-19-12/h2-7H,18H2,1H3,(H,20,21). The average molecular weight is 295 g/mol. The molecule has 0 fully saturated rings. The average Bonchev–Trinajstić information content (AvgIpc) is 2.40. The number of benzene rings is 1. The molecule has 0 aliphatic heterocycles. The largest absolute Gasteiger partial charge is 0.416 e. The summed E-state index contributed by atoms with van der Waals surface area (Å²) >= 11 is 0. The van der Waals surface area contributed by atoms with Crippen LogP contribution in [0.5, 0.6) is 0 Å². The molecule has 21 heavy (non-hydrogen) atoms. The van der Waals surface area contributed by atoms with Gasteiger partial charge in [-0.15, -0.1) is 0 Å². The van der Waals surface area contributed by atoms with Crippen LogP contribution in [0.2, 0.25) is 0 Å². The highest BCUT2D eigenvalue weighted by Gasteiger charge is 2.31. The van der Waals surface area contributed by atoms with Crippen LogP contribution in [0.3, 0.4) is 0 Å². The van der Waals surface area contributed by atoms with Crippen LogP contribution in [0, 0.1) is 6.92 Å². The van der Waals surface area contributed by atoms with Crippen molar-refractivity contribution in [2.75, 3.05) is 11.1 Å². The molecule has 0 saturated heterocycles. The van der Waals surface area contributed by atoms with E-state index < -0.39 is 17.6 Å². The van der Waals surface area contributed by atoms with Gasteiger partial charge in [-0.3, -0.25) is 4.79 Å². The van der Waals surface area contributed by atoms with Crippen molar-refractivity contribution in [3.63, 3.8) is 0 Å². The second-order valence-electron chi connectivity index (χ2n) is 4.42. The maximum Gasteiger partial charge on any atom is 0.416 e. The van der Waals surface area contributed by atoms with Crippen molar-refractivity contribution in [3.8, 4) is 0 Å². The highest BCUT2D eigenvalue weighted by Crippen LogP contribution is 2.32. The van der Waals surface area contributed by atoms with Crippen molar-refractivity contribution in [1.82, 2.24) is 4.98 Å². The lowest BCUT2D eigenvalue weighted by molar-refractivity contribution is -0.137. The smallest absolute Gasteiger partial charge is 0.397 e. The summed E-state index contributed by atoms with van der Waals surface area (Å²) < 4.78 is 38.0. The molecule has 0 radical (unpaired) electrons. The van der Waals surface area contributed by atoms with E-state index in [1.165, 1.54) is 18.3 Å². The molecule has 0 atom stereocenters. The molecule has 0 aliphatic carbocycles. The molecule has 7 heteroatoms. The first kappa shape index (κ1) is 14.8. The van der Waals surface area contributed by atoms with Crippen LogP contribution in [0.25, 0.3) is 0 Å². The number of hydrogen-bond donors (Lipinski definition) is 2. The molecule has 1 aromatic carbocycles. The molecule has 0 saturated carbocycles. The van der Waals surface area contributed by atoms with Crippen LogP contribution in [-0.4, -0.2) is 10.9 Å². The minimum Gasteiger partial charge on any atom is -0.397 e. The molecule has 1 aromatic heterocycles. The second kappa shape index (κ2) is 5.43. The van der Waals surface area contributed by atoms with Gasteiger partial charge in [-0.2, -0.15) is 13.2 Å².